The summed E-state index contributed by atoms with van der Waals surface area (Å²) in [6.07, 6.45) is -3.09. The predicted octanol–water partition coefficient (Wildman–Crippen LogP) is 1.89. The minimum Gasteiger partial charge on any atom is -0.381 e. The van der Waals surface area contributed by atoms with E-state index >= 15 is 0 Å². The van der Waals surface area contributed by atoms with E-state index in [1.54, 1.807) is 0 Å². The summed E-state index contributed by atoms with van der Waals surface area (Å²) in [4.78, 5) is 19.2. The third kappa shape index (κ3) is 4.94. The van der Waals surface area contributed by atoms with Crippen LogP contribution in [0.15, 0.2) is 6.07 Å². The Hall–Kier alpha value is -1.70. The van der Waals surface area contributed by atoms with Crippen LogP contribution in [-0.4, -0.2) is 35.6 Å². The maximum atomic E-state index is 12.7. The summed E-state index contributed by atoms with van der Waals surface area (Å²) in [5.41, 5.74) is -0.698. The molecule has 22 heavy (non-hydrogen) atoms. The molecule has 0 aromatic carbocycles. The second-order valence-electron chi connectivity index (χ2n) is 5.34. The van der Waals surface area contributed by atoms with Gasteiger partial charge in [-0.1, -0.05) is 0 Å². The molecule has 1 unspecified atom stereocenters. The van der Waals surface area contributed by atoms with E-state index in [0.717, 1.165) is 12.5 Å². The van der Waals surface area contributed by atoms with Gasteiger partial charge in [0.1, 0.15) is 11.5 Å². The first kappa shape index (κ1) is 16.7. The zero-order valence-electron chi connectivity index (χ0n) is 12.2. The van der Waals surface area contributed by atoms with Crippen molar-refractivity contribution in [2.45, 2.75) is 32.4 Å². The molecule has 8 heteroatoms. The normalized spacial score (nSPS) is 18.5. The van der Waals surface area contributed by atoms with Crippen molar-refractivity contribution in [2.75, 3.05) is 19.8 Å². The summed E-state index contributed by atoms with van der Waals surface area (Å²) in [6.45, 7) is 2.96. The Balaban J connectivity index is 1.83. The van der Waals surface area contributed by atoms with Crippen LogP contribution < -0.4 is 5.32 Å². The number of rotatable bonds is 5. The van der Waals surface area contributed by atoms with Gasteiger partial charge in [-0.2, -0.15) is 13.2 Å². The van der Waals surface area contributed by atoms with Gasteiger partial charge in [-0.05, 0) is 25.3 Å². The number of nitrogens with zero attached hydrogens (tertiary/aromatic N) is 2. The highest BCUT2D eigenvalue weighted by Crippen LogP contribution is 2.27. The highest BCUT2D eigenvalue weighted by molar-refractivity contribution is 5.76. The summed E-state index contributed by atoms with van der Waals surface area (Å²) in [5, 5.41) is 2.68. The Morgan fingerprint density at radius 1 is 1.45 bits per heavy atom. The topological polar surface area (TPSA) is 64.1 Å². The maximum absolute atomic E-state index is 12.7. The molecule has 1 aromatic heterocycles. The van der Waals surface area contributed by atoms with Crippen molar-refractivity contribution in [3.63, 3.8) is 0 Å². The average Bonchev–Trinajstić information content (AvgIpc) is 2.90. The smallest absolute Gasteiger partial charge is 0.381 e. The number of halogens is 3. The number of hydrogen-bond donors (Lipinski definition) is 1. The van der Waals surface area contributed by atoms with Gasteiger partial charge in [-0.25, -0.2) is 9.97 Å². The fourth-order valence-electron chi connectivity index (χ4n) is 2.28. The Morgan fingerprint density at radius 2 is 2.23 bits per heavy atom. The standard InChI is InChI=1S/C14H18F3N3O2/c1-9-6-11(14(15,16)17)20-12(19-9)2-4-18-13(21)7-10-3-5-22-8-10/h6,10H,2-5,7-8H2,1H3,(H,18,21). The minimum atomic E-state index is -4.49. The van der Waals surface area contributed by atoms with Crippen molar-refractivity contribution in [2.24, 2.45) is 5.92 Å². The van der Waals surface area contributed by atoms with E-state index in [0.29, 0.717) is 19.6 Å². The molecule has 2 rings (SSSR count). The Kier molecular flexibility index (Phi) is 5.33. The van der Waals surface area contributed by atoms with Crippen molar-refractivity contribution >= 4 is 5.91 Å². The lowest BCUT2D eigenvalue weighted by Gasteiger charge is -2.10. The maximum Gasteiger partial charge on any atom is 0.433 e. The second-order valence-corrected chi connectivity index (χ2v) is 5.34. The van der Waals surface area contributed by atoms with Crippen molar-refractivity contribution in [1.29, 1.82) is 0 Å². The summed E-state index contributed by atoms with van der Waals surface area (Å²) in [7, 11) is 0. The molecule has 2 heterocycles. The number of ether oxygens (including phenoxy) is 1. The number of hydrogen-bond acceptors (Lipinski definition) is 4. The van der Waals surface area contributed by atoms with Crippen LogP contribution in [0.1, 0.15) is 30.1 Å². The fraction of sp³-hybridized carbons (Fsp3) is 0.643. The van der Waals surface area contributed by atoms with Crippen LogP contribution >= 0.6 is 0 Å². The highest BCUT2D eigenvalue weighted by atomic mass is 19.4. The minimum absolute atomic E-state index is 0.0804. The van der Waals surface area contributed by atoms with E-state index in [1.807, 2.05) is 0 Å². The Bertz CT molecular complexity index is 529. The molecule has 1 N–H and O–H groups in total. The van der Waals surface area contributed by atoms with E-state index < -0.39 is 11.9 Å². The van der Waals surface area contributed by atoms with Crippen LogP contribution in [0.3, 0.4) is 0 Å². The van der Waals surface area contributed by atoms with Crippen LogP contribution in [0.5, 0.6) is 0 Å². The van der Waals surface area contributed by atoms with Gasteiger partial charge in [0.2, 0.25) is 5.91 Å². The van der Waals surface area contributed by atoms with Crippen molar-refractivity contribution in [1.82, 2.24) is 15.3 Å². The lowest BCUT2D eigenvalue weighted by molar-refractivity contribution is -0.141. The molecule has 0 bridgehead atoms. The van der Waals surface area contributed by atoms with Crippen LogP contribution in [0.4, 0.5) is 13.2 Å². The van der Waals surface area contributed by atoms with E-state index in [2.05, 4.69) is 15.3 Å². The van der Waals surface area contributed by atoms with Gasteiger partial charge in [0.05, 0.1) is 0 Å². The zero-order chi connectivity index (χ0) is 16.2. The first-order valence-corrected chi connectivity index (χ1v) is 7.11. The van der Waals surface area contributed by atoms with E-state index in [-0.39, 0.29) is 36.3 Å². The largest absolute Gasteiger partial charge is 0.433 e. The summed E-state index contributed by atoms with van der Waals surface area (Å²) in [5.74, 6) is 0.183. The van der Waals surface area contributed by atoms with E-state index in [1.165, 1.54) is 6.92 Å². The van der Waals surface area contributed by atoms with Gasteiger partial charge >= 0.3 is 6.18 Å². The number of alkyl halides is 3. The first-order valence-electron chi connectivity index (χ1n) is 7.11. The van der Waals surface area contributed by atoms with Crippen molar-refractivity contribution in [3.8, 4) is 0 Å². The zero-order valence-corrected chi connectivity index (χ0v) is 12.2. The van der Waals surface area contributed by atoms with Crippen LogP contribution in [0.2, 0.25) is 0 Å². The van der Waals surface area contributed by atoms with Gasteiger partial charge in [0.15, 0.2) is 0 Å². The fourth-order valence-corrected chi connectivity index (χ4v) is 2.28. The lowest BCUT2D eigenvalue weighted by atomic mass is 10.1. The highest BCUT2D eigenvalue weighted by Gasteiger charge is 2.33. The molecule has 1 atom stereocenters. The first-order chi connectivity index (χ1) is 10.3. The van der Waals surface area contributed by atoms with Gasteiger partial charge in [-0.3, -0.25) is 4.79 Å². The lowest BCUT2D eigenvalue weighted by Crippen LogP contribution is -2.28. The molecule has 122 valence electrons. The van der Waals surface area contributed by atoms with E-state index in [9.17, 15) is 18.0 Å². The molecule has 0 radical (unpaired) electrons. The second kappa shape index (κ2) is 7.04. The number of nitrogens with one attached hydrogen (secondary N) is 1. The van der Waals surface area contributed by atoms with Crippen LogP contribution in [-0.2, 0) is 22.1 Å². The van der Waals surface area contributed by atoms with Gasteiger partial charge in [0.25, 0.3) is 0 Å². The molecule has 1 aliphatic rings. The summed E-state index contributed by atoms with van der Waals surface area (Å²) >= 11 is 0. The molecule has 5 nitrogen and oxygen atoms in total. The molecule has 1 saturated heterocycles. The molecule has 0 saturated carbocycles. The Labute approximate surface area is 126 Å². The van der Waals surface area contributed by atoms with Gasteiger partial charge < -0.3 is 10.1 Å². The van der Waals surface area contributed by atoms with Gasteiger partial charge in [0, 0.05) is 38.3 Å². The van der Waals surface area contributed by atoms with E-state index in [4.69, 9.17) is 4.74 Å². The van der Waals surface area contributed by atoms with Crippen molar-refractivity contribution in [3.05, 3.63) is 23.3 Å². The molecule has 1 aromatic rings. The summed E-state index contributed by atoms with van der Waals surface area (Å²) < 4.78 is 43.1. The number of aryl methyl sites for hydroxylation is 1. The number of carbonyl (C=O) groups excluding carboxylic acids is 1. The number of carbonyl (C=O) groups is 1. The third-order valence-electron chi connectivity index (χ3n) is 3.36. The quantitative estimate of drug-likeness (QED) is 0.901. The molecule has 0 spiro atoms. The predicted molar refractivity (Wildman–Crippen MR) is 72.0 cm³/mol. The SMILES string of the molecule is Cc1cc(C(F)(F)F)nc(CCNC(=O)CC2CCOC2)n1. The molecule has 1 amide bonds. The molecule has 1 fully saturated rings. The summed E-state index contributed by atoms with van der Waals surface area (Å²) in [6, 6.07) is 0.905. The van der Waals surface area contributed by atoms with Crippen LogP contribution in [0.25, 0.3) is 0 Å². The monoisotopic (exact) mass is 317 g/mol. The van der Waals surface area contributed by atoms with Crippen LogP contribution in [0, 0.1) is 12.8 Å². The Morgan fingerprint density at radius 3 is 2.86 bits per heavy atom. The molecule has 0 aliphatic carbocycles. The average molecular weight is 317 g/mol. The van der Waals surface area contributed by atoms with Crippen molar-refractivity contribution < 1.29 is 22.7 Å². The molecule has 1 aliphatic heterocycles. The number of aromatic nitrogens is 2. The molecular formula is C14H18F3N3O2. The molecular weight excluding hydrogens is 299 g/mol. The number of amides is 1. The van der Waals surface area contributed by atoms with Gasteiger partial charge in [-0.15, -0.1) is 0 Å². The third-order valence-corrected chi connectivity index (χ3v) is 3.36.